The van der Waals surface area contributed by atoms with Gasteiger partial charge in [-0.15, -0.1) is 0 Å². The number of allylic oxidation sites excluding steroid dienone is 3. The van der Waals surface area contributed by atoms with Crippen LogP contribution < -0.4 is 0 Å². The molecule has 0 aromatic heterocycles. The van der Waals surface area contributed by atoms with Crippen molar-refractivity contribution >= 4 is 17.8 Å². The standard InChI is InChI=1S/C11H16ClFN2O/c1-3-5-9(12)10(13)11(14-4-2)15-6-8(16)7-15/h4-5,8,16H,3,6-7H2,1-2H3/b9-5-,11-10-,14-4-. The lowest BCUT2D eigenvalue weighted by Gasteiger charge is -2.37. The quantitative estimate of drug-likeness (QED) is 0.611. The van der Waals surface area contributed by atoms with Crippen molar-refractivity contribution in [3.63, 3.8) is 0 Å². The van der Waals surface area contributed by atoms with Gasteiger partial charge in [-0.3, -0.25) is 0 Å². The van der Waals surface area contributed by atoms with Crippen LogP contribution in [0.4, 0.5) is 4.39 Å². The summed E-state index contributed by atoms with van der Waals surface area (Å²) < 4.78 is 13.9. The molecule has 1 aliphatic heterocycles. The van der Waals surface area contributed by atoms with E-state index in [-0.39, 0.29) is 10.9 Å². The highest BCUT2D eigenvalue weighted by Crippen LogP contribution is 2.27. The fourth-order valence-corrected chi connectivity index (χ4v) is 1.64. The van der Waals surface area contributed by atoms with Crippen LogP contribution in [0, 0.1) is 0 Å². The maximum absolute atomic E-state index is 13.9. The van der Waals surface area contributed by atoms with E-state index in [1.807, 2.05) is 6.92 Å². The van der Waals surface area contributed by atoms with Crippen molar-refractivity contribution in [1.82, 2.24) is 4.90 Å². The molecule has 0 aliphatic carbocycles. The van der Waals surface area contributed by atoms with E-state index in [4.69, 9.17) is 11.6 Å². The van der Waals surface area contributed by atoms with Gasteiger partial charge < -0.3 is 10.0 Å². The summed E-state index contributed by atoms with van der Waals surface area (Å²) in [5, 5.41) is 9.25. The molecule has 1 rings (SSSR count). The van der Waals surface area contributed by atoms with E-state index in [9.17, 15) is 9.50 Å². The molecule has 0 amide bonds. The number of rotatable bonds is 4. The van der Waals surface area contributed by atoms with Gasteiger partial charge in [-0.25, -0.2) is 9.38 Å². The number of aliphatic imine (C=N–C) groups is 1. The summed E-state index contributed by atoms with van der Waals surface area (Å²) in [6.07, 6.45) is 3.37. The molecule has 90 valence electrons. The van der Waals surface area contributed by atoms with Crippen LogP contribution in [0.5, 0.6) is 0 Å². The third-order valence-electron chi connectivity index (χ3n) is 2.20. The van der Waals surface area contributed by atoms with E-state index in [2.05, 4.69) is 4.99 Å². The van der Waals surface area contributed by atoms with Crippen molar-refractivity contribution < 1.29 is 9.50 Å². The molecule has 1 N–H and O–H groups in total. The molecule has 0 saturated carbocycles. The highest BCUT2D eigenvalue weighted by molar-refractivity contribution is 6.31. The van der Waals surface area contributed by atoms with Crippen molar-refractivity contribution in [3.05, 3.63) is 22.8 Å². The summed E-state index contributed by atoms with van der Waals surface area (Å²) >= 11 is 5.79. The molecule has 0 bridgehead atoms. The van der Waals surface area contributed by atoms with Gasteiger partial charge in [0.05, 0.1) is 11.1 Å². The van der Waals surface area contributed by atoms with Crippen LogP contribution in [-0.2, 0) is 0 Å². The number of hydrogen-bond donors (Lipinski definition) is 1. The van der Waals surface area contributed by atoms with Gasteiger partial charge in [0.15, 0.2) is 11.6 Å². The predicted molar refractivity (Wildman–Crippen MR) is 64.1 cm³/mol. The lowest BCUT2D eigenvalue weighted by Crippen LogP contribution is -2.49. The van der Waals surface area contributed by atoms with Crippen LogP contribution in [-0.4, -0.2) is 35.4 Å². The highest BCUT2D eigenvalue weighted by Gasteiger charge is 2.28. The molecule has 1 fully saturated rings. The number of nitrogens with zero attached hydrogens (tertiary/aromatic N) is 2. The molecule has 5 heteroatoms. The van der Waals surface area contributed by atoms with Gasteiger partial charge in [-0.2, -0.15) is 0 Å². The second kappa shape index (κ2) is 6.01. The average Bonchev–Trinajstić information content (AvgIpc) is 2.21. The third kappa shape index (κ3) is 3.06. The normalized spacial score (nSPS) is 20.1. The summed E-state index contributed by atoms with van der Waals surface area (Å²) in [6, 6.07) is 0. The molecule has 1 heterocycles. The molecule has 1 aliphatic rings. The zero-order valence-corrected chi connectivity index (χ0v) is 10.2. The lowest BCUT2D eigenvalue weighted by molar-refractivity contribution is 0.0224. The number of aliphatic hydroxyl groups is 1. The Balaban J connectivity index is 2.90. The predicted octanol–water partition coefficient (Wildman–Crippen LogP) is 2.42. The minimum atomic E-state index is -0.534. The summed E-state index contributed by atoms with van der Waals surface area (Å²) in [7, 11) is 0. The maximum atomic E-state index is 13.9. The largest absolute Gasteiger partial charge is 0.389 e. The second-order valence-corrected chi connectivity index (χ2v) is 3.95. The van der Waals surface area contributed by atoms with E-state index in [0.717, 1.165) is 0 Å². The molecule has 0 atom stereocenters. The zero-order valence-electron chi connectivity index (χ0n) is 9.45. The summed E-state index contributed by atoms with van der Waals surface area (Å²) in [4.78, 5) is 5.61. The molecule has 16 heavy (non-hydrogen) atoms. The average molecular weight is 247 g/mol. The first kappa shape index (κ1) is 13.2. The summed E-state index contributed by atoms with van der Waals surface area (Å²) in [5.74, 6) is -0.337. The van der Waals surface area contributed by atoms with E-state index in [0.29, 0.717) is 19.5 Å². The first-order valence-corrected chi connectivity index (χ1v) is 5.65. The van der Waals surface area contributed by atoms with E-state index in [1.165, 1.54) is 6.21 Å². The highest BCUT2D eigenvalue weighted by atomic mass is 35.5. The van der Waals surface area contributed by atoms with Crippen LogP contribution in [0.25, 0.3) is 0 Å². The monoisotopic (exact) mass is 246 g/mol. The maximum Gasteiger partial charge on any atom is 0.183 e. The van der Waals surface area contributed by atoms with Crippen LogP contribution in [0.1, 0.15) is 20.3 Å². The van der Waals surface area contributed by atoms with Crippen LogP contribution in [0.15, 0.2) is 27.7 Å². The Hall–Kier alpha value is -0.870. The first-order valence-electron chi connectivity index (χ1n) is 5.27. The molecule has 0 unspecified atom stereocenters. The van der Waals surface area contributed by atoms with Crippen molar-refractivity contribution in [2.45, 2.75) is 26.4 Å². The minimum absolute atomic E-state index is 0.0736. The molecule has 3 nitrogen and oxygen atoms in total. The van der Waals surface area contributed by atoms with Crippen molar-refractivity contribution in [2.75, 3.05) is 13.1 Å². The van der Waals surface area contributed by atoms with Gasteiger partial charge in [0.2, 0.25) is 0 Å². The third-order valence-corrected chi connectivity index (χ3v) is 2.52. The van der Waals surface area contributed by atoms with Crippen LogP contribution in [0.3, 0.4) is 0 Å². The van der Waals surface area contributed by atoms with Gasteiger partial charge in [0.25, 0.3) is 0 Å². The fraction of sp³-hybridized carbons (Fsp3) is 0.545. The summed E-state index contributed by atoms with van der Waals surface area (Å²) in [5.41, 5.74) is 0. The Morgan fingerprint density at radius 2 is 2.25 bits per heavy atom. The Morgan fingerprint density at radius 3 is 2.69 bits per heavy atom. The summed E-state index contributed by atoms with van der Waals surface area (Å²) in [6.45, 7) is 4.39. The van der Waals surface area contributed by atoms with Gasteiger partial charge in [-0.1, -0.05) is 24.6 Å². The Kier molecular flexibility index (Phi) is 4.96. The van der Waals surface area contributed by atoms with Crippen LogP contribution in [0.2, 0.25) is 0 Å². The van der Waals surface area contributed by atoms with E-state index >= 15 is 0 Å². The minimum Gasteiger partial charge on any atom is -0.389 e. The Bertz CT molecular complexity index is 333. The van der Waals surface area contributed by atoms with E-state index < -0.39 is 11.9 Å². The topological polar surface area (TPSA) is 35.8 Å². The Morgan fingerprint density at radius 1 is 1.62 bits per heavy atom. The number of β-amino-alcohol motifs (C(OH)–C–C–N with tert-alkyl or cyclic N) is 1. The van der Waals surface area contributed by atoms with Crippen molar-refractivity contribution in [3.8, 4) is 0 Å². The second-order valence-electron chi connectivity index (χ2n) is 3.54. The van der Waals surface area contributed by atoms with E-state index in [1.54, 1.807) is 17.9 Å². The molecular weight excluding hydrogens is 231 g/mol. The molecule has 1 saturated heterocycles. The molecule has 0 aromatic carbocycles. The van der Waals surface area contributed by atoms with Gasteiger partial charge >= 0.3 is 0 Å². The number of likely N-dealkylation sites (tertiary alicyclic amines) is 1. The van der Waals surface area contributed by atoms with Crippen molar-refractivity contribution in [1.29, 1.82) is 0 Å². The fourth-order valence-electron chi connectivity index (χ4n) is 1.40. The first-order chi connectivity index (χ1) is 7.60. The molecule has 0 radical (unpaired) electrons. The zero-order chi connectivity index (χ0) is 12.1. The number of hydrogen-bond acceptors (Lipinski definition) is 3. The van der Waals surface area contributed by atoms with Gasteiger partial charge in [0.1, 0.15) is 0 Å². The van der Waals surface area contributed by atoms with Crippen LogP contribution >= 0.6 is 11.6 Å². The Labute approximate surface area is 99.9 Å². The number of halogens is 2. The van der Waals surface area contributed by atoms with Gasteiger partial charge in [0, 0.05) is 19.3 Å². The number of aliphatic hydroxyl groups excluding tert-OH is 1. The smallest absolute Gasteiger partial charge is 0.183 e. The van der Waals surface area contributed by atoms with Crippen molar-refractivity contribution in [2.24, 2.45) is 4.99 Å². The molecule has 0 aromatic rings. The SMILES string of the molecule is C\C=N/C(=C(F)\C(Cl)=C\CC)N1CC(O)C1. The lowest BCUT2D eigenvalue weighted by atomic mass is 10.1. The van der Waals surface area contributed by atoms with Gasteiger partial charge in [-0.05, 0) is 13.3 Å². The molecular formula is C11H16ClFN2O. The molecule has 0 spiro atoms.